The highest BCUT2D eigenvalue weighted by Crippen LogP contribution is 1.97. The summed E-state index contributed by atoms with van der Waals surface area (Å²) in [5.74, 6) is 0. The van der Waals surface area contributed by atoms with Crippen LogP contribution in [0.2, 0.25) is 0 Å². The second kappa shape index (κ2) is 7.15. The minimum Gasteiger partial charge on any atom is -0.380 e. The maximum Gasteiger partial charge on any atom is 0.0750 e. The molecule has 82 valence electrons. The van der Waals surface area contributed by atoms with Gasteiger partial charge in [0.15, 0.2) is 0 Å². The Bertz CT molecular complexity index is 170. The van der Waals surface area contributed by atoms with Crippen LogP contribution in [-0.2, 0) is 4.74 Å². The molecule has 4 heteroatoms. The van der Waals surface area contributed by atoms with E-state index >= 15 is 0 Å². The van der Waals surface area contributed by atoms with E-state index < -0.39 is 0 Å². The Morgan fingerprint density at radius 2 is 2.14 bits per heavy atom. The van der Waals surface area contributed by atoms with Crippen molar-refractivity contribution in [2.24, 2.45) is 0 Å². The molecule has 1 fully saturated rings. The van der Waals surface area contributed by atoms with Crippen molar-refractivity contribution >= 4 is 17.2 Å². The SMILES string of the molecule is CCC(=S)NCCCN1CCOCC1. The topological polar surface area (TPSA) is 24.5 Å². The van der Waals surface area contributed by atoms with Gasteiger partial charge in [0.1, 0.15) is 0 Å². The van der Waals surface area contributed by atoms with Crippen molar-refractivity contribution in [1.29, 1.82) is 0 Å². The molecular weight excluding hydrogens is 196 g/mol. The van der Waals surface area contributed by atoms with Gasteiger partial charge in [0, 0.05) is 19.6 Å². The van der Waals surface area contributed by atoms with Gasteiger partial charge >= 0.3 is 0 Å². The molecule has 0 amide bonds. The second-order valence-corrected chi connectivity index (χ2v) is 4.00. The minimum atomic E-state index is 0.890. The summed E-state index contributed by atoms with van der Waals surface area (Å²) in [7, 11) is 0. The zero-order chi connectivity index (χ0) is 10.2. The number of morpholine rings is 1. The molecule has 0 spiro atoms. The van der Waals surface area contributed by atoms with Gasteiger partial charge in [-0.2, -0.15) is 0 Å². The molecular formula is C10H20N2OS. The van der Waals surface area contributed by atoms with Crippen LogP contribution in [0.1, 0.15) is 19.8 Å². The average Bonchev–Trinajstić information content (AvgIpc) is 2.25. The van der Waals surface area contributed by atoms with Crippen molar-refractivity contribution in [3.63, 3.8) is 0 Å². The third-order valence-electron chi connectivity index (χ3n) is 2.40. The molecule has 1 N–H and O–H groups in total. The van der Waals surface area contributed by atoms with Crippen molar-refractivity contribution in [3.05, 3.63) is 0 Å². The first-order chi connectivity index (χ1) is 6.83. The highest BCUT2D eigenvalue weighted by molar-refractivity contribution is 7.80. The van der Waals surface area contributed by atoms with Gasteiger partial charge < -0.3 is 10.1 Å². The van der Waals surface area contributed by atoms with Crippen LogP contribution in [0.15, 0.2) is 0 Å². The molecule has 14 heavy (non-hydrogen) atoms. The van der Waals surface area contributed by atoms with Crippen molar-refractivity contribution in [1.82, 2.24) is 10.2 Å². The summed E-state index contributed by atoms with van der Waals surface area (Å²) in [5.41, 5.74) is 0. The van der Waals surface area contributed by atoms with Gasteiger partial charge in [-0.15, -0.1) is 0 Å². The number of rotatable bonds is 5. The molecule has 0 unspecified atom stereocenters. The predicted molar refractivity (Wildman–Crippen MR) is 62.8 cm³/mol. The van der Waals surface area contributed by atoms with Crippen LogP contribution >= 0.6 is 12.2 Å². The maximum absolute atomic E-state index is 5.28. The Kier molecular flexibility index (Phi) is 6.07. The van der Waals surface area contributed by atoms with Crippen LogP contribution in [0.25, 0.3) is 0 Å². The molecule has 1 aliphatic rings. The fourth-order valence-electron chi connectivity index (χ4n) is 1.48. The van der Waals surface area contributed by atoms with Gasteiger partial charge in [0.05, 0.1) is 18.2 Å². The maximum atomic E-state index is 5.28. The van der Waals surface area contributed by atoms with Gasteiger partial charge in [0.25, 0.3) is 0 Å². The summed E-state index contributed by atoms with van der Waals surface area (Å²) >= 11 is 5.08. The number of ether oxygens (including phenoxy) is 1. The predicted octanol–water partition coefficient (Wildman–Crippen LogP) is 1.04. The zero-order valence-electron chi connectivity index (χ0n) is 8.92. The smallest absolute Gasteiger partial charge is 0.0750 e. The van der Waals surface area contributed by atoms with Crippen LogP contribution in [0.3, 0.4) is 0 Å². The summed E-state index contributed by atoms with van der Waals surface area (Å²) in [6.45, 7) is 8.18. The van der Waals surface area contributed by atoms with Gasteiger partial charge in [-0.3, -0.25) is 4.90 Å². The largest absolute Gasteiger partial charge is 0.380 e. The van der Waals surface area contributed by atoms with E-state index in [2.05, 4.69) is 17.1 Å². The lowest BCUT2D eigenvalue weighted by Gasteiger charge is -2.26. The highest BCUT2D eigenvalue weighted by atomic mass is 32.1. The normalized spacial score (nSPS) is 18.1. The van der Waals surface area contributed by atoms with Crippen molar-refractivity contribution < 1.29 is 4.74 Å². The summed E-state index contributed by atoms with van der Waals surface area (Å²) in [4.78, 5) is 3.42. The quantitative estimate of drug-likeness (QED) is 0.548. The van der Waals surface area contributed by atoms with Crippen molar-refractivity contribution in [2.75, 3.05) is 39.4 Å². The minimum absolute atomic E-state index is 0.890. The fraction of sp³-hybridized carbons (Fsp3) is 0.900. The first-order valence-electron chi connectivity index (χ1n) is 5.39. The van der Waals surface area contributed by atoms with Crippen LogP contribution in [0, 0.1) is 0 Å². The van der Waals surface area contributed by atoms with E-state index in [1.165, 1.54) is 6.42 Å². The van der Waals surface area contributed by atoms with Gasteiger partial charge in [0.2, 0.25) is 0 Å². The number of nitrogens with zero attached hydrogens (tertiary/aromatic N) is 1. The summed E-state index contributed by atoms with van der Waals surface area (Å²) in [6, 6.07) is 0. The summed E-state index contributed by atoms with van der Waals surface area (Å²) in [5, 5.41) is 3.25. The van der Waals surface area contributed by atoms with Crippen molar-refractivity contribution in [3.8, 4) is 0 Å². The average molecular weight is 216 g/mol. The number of thiocarbonyl (C=S) groups is 1. The molecule has 1 saturated heterocycles. The second-order valence-electron chi connectivity index (χ2n) is 3.51. The number of hydrogen-bond acceptors (Lipinski definition) is 3. The lowest BCUT2D eigenvalue weighted by Crippen LogP contribution is -2.38. The standard InChI is InChI=1S/C10H20N2OS/c1-2-10(14)11-4-3-5-12-6-8-13-9-7-12/h2-9H2,1H3,(H,11,14). The van der Waals surface area contributed by atoms with Gasteiger partial charge in [-0.25, -0.2) is 0 Å². The summed E-state index contributed by atoms with van der Waals surface area (Å²) in [6.07, 6.45) is 2.12. The lowest BCUT2D eigenvalue weighted by molar-refractivity contribution is 0.0376. The van der Waals surface area contributed by atoms with Crippen LogP contribution < -0.4 is 5.32 Å². The summed E-state index contributed by atoms with van der Waals surface area (Å²) < 4.78 is 5.28. The molecule has 0 radical (unpaired) electrons. The van der Waals surface area contributed by atoms with Crippen molar-refractivity contribution in [2.45, 2.75) is 19.8 Å². The van der Waals surface area contributed by atoms with Gasteiger partial charge in [-0.05, 0) is 19.4 Å². The molecule has 0 aromatic rings. The number of hydrogen-bond donors (Lipinski definition) is 1. The van der Waals surface area contributed by atoms with Gasteiger partial charge in [-0.1, -0.05) is 19.1 Å². The lowest BCUT2D eigenvalue weighted by atomic mass is 10.3. The Labute approximate surface area is 91.8 Å². The van der Waals surface area contributed by atoms with E-state index in [1.54, 1.807) is 0 Å². The van der Waals surface area contributed by atoms with E-state index in [4.69, 9.17) is 17.0 Å². The van der Waals surface area contributed by atoms with E-state index in [0.29, 0.717) is 0 Å². The molecule has 0 aromatic heterocycles. The zero-order valence-corrected chi connectivity index (χ0v) is 9.74. The molecule has 1 rings (SSSR count). The first kappa shape index (κ1) is 11.9. The molecule has 3 nitrogen and oxygen atoms in total. The monoisotopic (exact) mass is 216 g/mol. The third kappa shape index (κ3) is 4.88. The van der Waals surface area contributed by atoms with E-state index in [0.717, 1.165) is 50.8 Å². The molecule has 0 bridgehead atoms. The molecule has 0 atom stereocenters. The Hall–Kier alpha value is -0.190. The fourth-order valence-corrected chi connectivity index (χ4v) is 1.58. The molecule has 0 saturated carbocycles. The van der Waals surface area contributed by atoms with Crippen LogP contribution in [0.5, 0.6) is 0 Å². The Morgan fingerprint density at radius 3 is 2.79 bits per heavy atom. The van der Waals surface area contributed by atoms with E-state index in [-0.39, 0.29) is 0 Å². The van der Waals surface area contributed by atoms with E-state index in [1.807, 2.05) is 0 Å². The molecule has 1 heterocycles. The van der Waals surface area contributed by atoms with E-state index in [9.17, 15) is 0 Å². The van der Waals surface area contributed by atoms with Crippen LogP contribution in [-0.4, -0.2) is 49.3 Å². The van der Waals surface area contributed by atoms with Crippen LogP contribution in [0.4, 0.5) is 0 Å². The Balaban J connectivity index is 1.94. The molecule has 1 aliphatic heterocycles. The highest BCUT2D eigenvalue weighted by Gasteiger charge is 2.08. The third-order valence-corrected chi connectivity index (χ3v) is 2.83. The molecule has 0 aromatic carbocycles. The Morgan fingerprint density at radius 1 is 1.43 bits per heavy atom. The molecule has 0 aliphatic carbocycles. The number of nitrogens with one attached hydrogen (secondary N) is 1. The first-order valence-corrected chi connectivity index (χ1v) is 5.80.